The Morgan fingerprint density at radius 1 is 1.03 bits per heavy atom. The molecule has 2 heterocycles. The molecule has 2 amide bonds. The number of carbonyl (C=O) groups excluding carboxylic acids is 1. The normalized spacial score (nSPS) is 10.4. The first-order valence-corrected chi connectivity index (χ1v) is 10.6. The Bertz CT molecular complexity index is 1370. The van der Waals surface area contributed by atoms with Crippen molar-refractivity contribution in [2.75, 3.05) is 30.1 Å². The molecule has 11 nitrogen and oxygen atoms in total. The quantitative estimate of drug-likeness (QED) is 0.286. The van der Waals surface area contributed by atoms with Gasteiger partial charge in [0.15, 0.2) is 5.82 Å². The molecule has 0 aliphatic rings. The fourth-order valence-corrected chi connectivity index (χ4v) is 3.24. The standard InChI is InChI=1S/C23H20ClN7O4/c1-25-22-28-12-27-20(31-22)17-4-3-7-26-21(17)35-19-6-5-13(10-18(19)24)29-23(33)30-14-8-15(32)11-16(9-14)34-2/h3-12,32H,1-2H3,(H2,29,30,33)(H,25,27,28,31). The van der Waals surface area contributed by atoms with Crippen molar-refractivity contribution in [3.8, 4) is 34.5 Å². The minimum Gasteiger partial charge on any atom is -0.508 e. The number of rotatable bonds is 7. The van der Waals surface area contributed by atoms with E-state index in [1.807, 2.05) is 0 Å². The van der Waals surface area contributed by atoms with E-state index >= 15 is 0 Å². The number of anilines is 3. The molecule has 0 saturated carbocycles. The average molecular weight is 494 g/mol. The molecule has 0 aliphatic heterocycles. The number of amides is 2. The summed E-state index contributed by atoms with van der Waals surface area (Å²) in [5.74, 6) is 1.70. The number of pyridine rings is 1. The Hall–Kier alpha value is -4.64. The van der Waals surface area contributed by atoms with Gasteiger partial charge in [-0.15, -0.1) is 0 Å². The zero-order chi connectivity index (χ0) is 24.8. The third kappa shape index (κ3) is 5.84. The van der Waals surface area contributed by atoms with Crippen molar-refractivity contribution >= 4 is 35.0 Å². The third-order valence-corrected chi connectivity index (χ3v) is 4.88. The van der Waals surface area contributed by atoms with Crippen LogP contribution in [0.15, 0.2) is 61.1 Å². The summed E-state index contributed by atoms with van der Waals surface area (Å²) in [6.45, 7) is 0. The van der Waals surface area contributed by atoms with Gasteiger partial charge in [0, 0.05) is 42.8 Å². The van der Waals surface area contributed by atoms with Crippen LogP contribution in [0.25, 0.3) is 11.4 Å². The highest BCUT2D eigenvalue weighted by Crippen LogP contribution is 2.35. The maximum atomic E-state index is 12.4. The van der Waals surface area contributed by atoms with Gasteiger partial charge in [0.2, 0.25) is 11.8 Å². The van der Waals surface area contributed by atoms with E-state index in [2.05, 4.69) is 35.9 Å². The smallest absolute Gasteiger partial charge is 0.323 e. The average Bonchev–Trinajstić information content (AvgIpc) is 2.85. The predicted octanol–water partition coefficient (Wildman–Crippen LogP) is 4.78. The summed E-state index contributed by atoms with van der Waals surface area (Å²) in [5, 5.41) is 18.1. The van der Waals surface area contributed by atoms with Crippen molar-refractivity contribution in [1.82, 2.24) is 19.9 Å². The van der Waals surface area contributed by atoms with E-state index < -0.39 is 6.03 Å². The molecule has 0 fully saturated rings. The van der Waals surface area contributed by atoms with Crippen LogP contribution < -0.4 is 25.4 Å². The zero-order valence-corrected chi connectivity index (χ0v) is 19.4. The summed E-state index contributed by atoms with van der Waals surface area (Å²) in [7, 11) is 3.16. The number of halogens is 1. The first kappa shape index (κ1) is 23.5. The van der Waals surface area contributed by atoms with Crippen molar-refractivity contribution in [2.24, 2.45) is 0 Å². The lowest BCUT2D eigenvalue weighted by atomic mass is 10.2. The van der Waals surface area contributed by atoms with Crippen LogP contribution in [0.1, 0.15) is 0 Å². The number of aromatic hydroxyl groups is 1. The van der Waals surface area contributed by atoms with Gasteiger partial charge >= 0.3 is 6.03 Å². The SMILES string of the molecule is CNc1ncnc(-c2cccnc2Oc2ccc(NC(=O)Nc3cc(O)cc(OC)c3)cc2Cl)n1. The van der Waals surface area contributed by atoms with E-state index in [0.29, 0.717) is 40.2 Å². The number of hydrogen-bond acceptors (Lipinski definition) is 9. The van der Waals surface area contributed by atoms with Crippen molar-refractivity contribution in [3.05, 3.63) is 66.1 Å². The fourth-order valence-electron chi connectivity index (χ4n) is 3.02. The van der Waals surface area contributed by atoms with Crippen LogP contribution in [0, 0.1) is 0 Å². The molecule has 4 aromatic rings. The van der Waals surface area contributed by atoms with Crippen molar-refractivity contribution in [1.29, 1.82) is 0 Å². The number of hydrogen-bond donors (Lipinski definition) is 4. The number of nitrogens with zero attached hydrogens (tertiary/aromatic N) is 4. The molecule has 2 aromatic carbocycles. The number of phenols is 1. The lowest BCUT2D eigenvalue weighted by molar-refractivity contribution is 0.262. The largest absolute Gasteiger partial charge is 0.508 e. The van der Waals surface area contributed by atoms with Crippen molar-refractivity contribution < 1.29 is 19.4 Å². The van der Waals surface area contributed by atoms with E-state index in [1.165, 1.54) is 31.6 Å². The molecule has 0 radical (unpaired) electrons. The van der Waals surface area contributed by atoms with E-state index in [-0.39, 0.29) is 16.7 Å². The topological polar surface area (TPSA) is 143 Å². The summed E-state index contributed by atoms with van der Waals surface area (Å²) in [6, 6.07) is 12.1. The lowest BCUT2D eigenvalue weighted by Gasteiger charge is -2.13. The molecule has 0 atom stereocenters. The van der Waals surface area contributed by atoms with Crippen LogP contribution in [0.5, 0.6) is 23.1 Å². The molecule has 0 bridgehead atoms. The van der Waals surface area contributed by atoms with Gasteiger partial charge in [-0.25, -0.2) is 19.7 Å². The monoisotopic (exact) mass is 493 g/mol. The molecule has 178 valence electrons. The van der Waals surface area contributed by atoms with Gasteiger partial charge in [0.25, 0.3) is 0 Å². The fraction of sp³-hybridized carbons (Fsp3) is 0.0870. The van der Waals surface area contributed by atoms with E-state index in [0.717, 1.165) is 0 Å². The first-order chi connectivity index (χ1) is 16.9. The number of carbonyl (C=O) groups is 1. The molecular formula is C23H20ClN7O4. The molecule has 0 unspecified atom stereocenters. The summed E-state index contributed by atoms with van der Waals surface area (Å²) in [5.41, 5.74) is 1.32. The molecule has 0 saturated heterocycles. The Balaban J connectivity index is 1.49. The second-order valence-corrected chi connectivity index (χ2v) is 7.39. The Kier molecular flexibility index (Phi) is 7.07. The van der Waals surface area contributed by atoms with Gasteiger partial charge in [-0.05, 0) is 30.3 Å². The van der Waals surface area contributed by atoms with Crippen LogP contribution in [-0.2, 0) is 0 Å². The van der Waals surface area contributed by atoms with Crippen LogP contribution >= 0.6 is 11.6 Å². The number of ether oxygens (including phenoxy) is 2. The van der Waals surface area contributed by atoms with E-state index in [9.17, 15) is 9.90 Å². The van der Waals surface area contributed by atoms with Gasteiger partial charge in [-0.3, -0.25) is 0 Å². The second kappa shape index (κ2) is 10.5. The second-order valence-electron chi connectivity index (χ2n) is 6.98. The van der Waals surface area contributed by atoms with Crippen molar-refractivity contribution in [3.63, 3.8) is 0 Å². The molecule has 12 heteroatoms. The molecule has 4 N–H and O–H groups in total. The summed E-state index contributed by atoms with van der Waals surface area (Å²) in [4.78, 5) is 29.2. The van der Waals surface area contributed by atoms with Crippen LogP contribution in [-0.4, -0.2) is 45.2 Å². The Labute approximate surface area is 205 Å². The molecule has 35 heavy (non-hydrogen) atoms. The Morgan fingerprint density at radius 2 is 1.86 bits per heavy atom. The number of aromatic nitrogens is 4. The third-order valence-electron chi connectivity index (χ3n) is 4.59. The highest BCUT2D eigenvalue weighted by Gasteiger charge is 2.15. The first-order valence-electron chi connectivity index (χ1n) is 10.2. The maximum absolute atomic E-state index is 12.4. The van der Waals surface area contributed by atoms with E-state index in [1.54, 1.807) is 43.6 Å². The van der Waals surface area contributed by atoms with Crippen LogP contribution in [0.3, 0.4) is 0 Å². The van der Waals surface area contributed by atoms with Crippen LogP contribution in [0.2, 0.25) is 5.02 Å². The molecular weight excluding hydrogens is 474 g/mol. The summed E-state index contributed by atoms with van der Waals surface area (Å²) >= 11 is 6.40. The van der Waals surface area contributed by atoms with Gasteiger partial charge in [0.1, 0.15) is 23.6 Å². The Morgan fingerprint density at radius 3 is 2.63 bits per heavy atom. The highest BCUT2D eigenvalue weighted by molar-refractivity contribution is 6.32. The highest BCUT2D eigenvalue weighted by atomic mass is 35.5. The molecule has 0 spiro atoms. The van der Waals surface area contributed by atoms with Gasteiger partial charge < -0.3 is 30.5 Å². The van der Waals surface area contributed by atoms with Gasteiger partial charge in [-0.2, -0.15) is 4.98 Å². The minimum atomic E-state index is -0.537. The predicted molar refractivity (Wildman–Crippen MR) is 131 cm³/mol. The maximum Gasteiger partial charge on any atom is 0.323 e. The molecule has 2 aromatic heterocycles. The number of urea groups is 1. The minimum absolute atomic E-state index is 0.0440. The summed E-state index contributed by atoms with van der Waals surface area (Å²) in [6.07, 6.45) is 2.96. The van der Waals surface area contributed by atoms with Crippen LogP contribution in [0.4, 0.5) is 22.1 Å². The summed E-state index contributed by atoms with van der Waals surface area (Å²) < 4.78 is 11.0. The molecule has 0 aliphatic carbocycles. The number of nitrogens with one attached hydrogen (secondary N) is 3. The number of phenolic OH excluding ortho intramolecular Hbond substituents is 1. The van der Waals surface area contributed by atoms with E-state index in [4.69, 9.17) is 21.1 Å². The van der Waals surface area contributed by atoms with Crippen molar-refractivity contribution in [2.45, 2.75) is 0 Å². The number of methoxy groups -OCH3 is 1. The van der Waals surface area contributed by atoms with Gasteiger partial charge in [0.05, 0.1) is 17.7 Å². The number of benzene rings is 2. The molecule has 4 rings (SSSR count). The zero-order valence-electron chi connectivity index (χ0n) is 18.6. The lowest BCUT2D eigenvalue weighted by Crippen LogP contribution is -2.19. The van der Waals surface area contributed by atoms with Gasteiger partial charge in [-0.1, -0.05) is 11.6 Å².